The molecule has 1 unspecified atom stereocenters. The SMILES string of the molecule is O=C(C1CCCCC1)C(C1CCCCC1)C1CCC(Cl)CC1. The maximum atomic E-state index is 13.3. The third-order valence-electron chi connectivity index (χ3n) is 6.70. The van der Waals surface area contributed by atoms with Crippen LogP contribution in [0.1, 0.15) is 89.9 Å². The number of Topliss-reactive ketones (excluding diaryl/α,β-unsaturated/α-hetero) is 1. The van der Waals surface area contributed by atoms with E-state index in [1.54, 1.807) is 0 Å². The first kappa shape index (κ1) is 16.8. The van der Waals surface area contributed by atoms with E-state index in [1.165, 1.54) is 77.0 Å². The lowest BCUT2D eigenvalue weighted by atomic mass is 9.65. The van der Waals surface area contributed by atoms with Crippen LogP contribution in [0.3, 0.4) is 0 Å². The summed E-state index contributed by atoms with van der Waals surface area (Å²) >= 11 is 6.32. The lowest BCUT2D eigenvalue weighted by Gasteiger charge is -2.39. The van der Waals surface area contributed by atoms with Crippen molar-refractivity contribution in [3.8, 4) is 0 Å². The summed E-state index contributed by atoms with van der Waals surface area (Å²) in [5.74, 6) is 2.79. The fraction of sp³-hybridized carbons (Fsp3) is 0.950. The van der Waals surface area contributed by atoms with Gasteiger partial charge in [0.25, 0.3) is 0 Å². The molecule has 3 saturated carbocycles. The van der Waals surface area contributed by atoms with Crippen LogP contribution in [-0.4, -0.2) is 11.2 Å². The summed E-state index contributed by atoms with van der Waals surface area (Å²) in [7, 11) is 0. The van der Waals surface area contributed by atoms with Crippen LogP contribution < -0.4 is 0 Å². The normalized spacial score (nSPS) is 33.5. The number of carbonyl (C=O) groups excluding carboxylic acids is 1. The Labute approximate surface area is 141 Å². The maximum Gasteiger partial charge on any atom is 0.139 e. The molecule has 3 aliphatic rings. The standard InChI is InChI=1S/C20H33ClO/c21-18-13-11-16(12-14-18)19(15-7-3-1-4-8-15)20(22)17-9-5-2-6-10-17/h15-19H,1-14H2. The van der Waals surface area contributed by atoms with Gasteiger partial charge in [0, 0.05) is 17.2 Å². The second-order valence-corrected chi connectivity index (χ2v) is 8.79. The van der Waals surface area contributed by atoms with E-state index in [1.807, 2.05) is 0 Å². The third-order valence-corrected chi connectivity index (χ3v) is 7.14. The minimum absolute atomic E-state index is 0.369. The predicted octanol–water partition coefficient (Wildman–Crippen LogP) is 6.13. The van der Waals surface area contributed by atoms with Crippen LogP contribution >= 0.6 is 11.6 Å². The molecule has 3 fully saturated rings. The highest BCUT2D eigenvalue weighted by Gasteiger charge is 2.40. The maximum absolute atomic E-state index is 13.3. The summed E-state index contributed by atoms with van der Waals surface area (Å²) in [5, 5.41) is 0.369. The van der Waals surface area contributed by atoms with Crippen LogP contribution in [-0.2, 0) is 4.79 Å². The van der Waals surface area contributed by atoms with Gasteiger partial charge in [-0.3, -0.25) is 4.79 Å². The van der Waals surface area contributed by atoms with Gasteiger partial charge in [0.1, 0.15) is 5.78 Å². The Morgan fingerprint density at radius 1 is 0.682 bits per heavy atom. The highest BCUT2D eigenvalue weighted by molar-refractivity contribution is 6.20. The van der Waals surface area contributed by atoms with E-state index in [0.29, 0.717) is 34.8 Å². The van der Waals surface area contributed by atoms with Crippen molar-refractivity contribution in [2.45, 2.75) is 95.3 Å². The van der Waals surface area contributed by atoms with Gasteiger partial charge in [-0.05, 0) is 63.2 Å². The molecule has 0 N–H and O–H groups in total. The van der Waals surface area contributed by atoms with Crippen molar-refractivity contribution in [3.05, 3.63) is 0 Å². The zero-order chi connectivity index (χ0) is 15.4. The zero-order valence-corrected chi connectivity index (χ0v) is 14.8. The third kappa shape index (κ3) is 4.08. The second kappa shape index (κ2) is 8.18. The van der Waals surface area contributed by atoms with Crippen molar-refractivity contribution < 1.29 is 4.79 Å². The van der Waals surface area contributed by atoms with Gasteiger partial charge in [0.15, 0.2) is 0 Å². The molecule has 1 atom stereocenters. The molecule has 0 amide bonds. The largest absolute Gasteiger partial charge is 0.299 e. The highest BCUT2D eigenvalue weighted by Crippen LogP contribution is 2.43. The summed E-state index contributed by atoms with van der Waals surface area (Å²) in [5.41, 5.74) is 0. The first-order valence-electron chi connectivity index (χ1n) is 9.93. The average molecular weight is 325 g/mol. The van der Waals surface area contributed by atoms with Gasteiger partial charge in [-0.2, -0.15) is 0 Å². The van der Waals surface area contributed by atoms with Crippen LogP contribution in [0.25, 0.3) is 0 Å². The fourth-order valence-electron chi connectivity index (χ4n) is 5.44. The van der Waals surface area contributed by atoms with Crippen molar-refractivity contribution >= 4 is 17.4 Å². The molecule has 0 aromatic heterocycles. The smallest absolute Gasteiger partial charge is 0.139 e. The number of hydrogen-bond donors (Lipinski definition) is 0. The van der Waals surface area contributed by atoms with Crippen molar-refractivity contribution in [2.75, 3.05) is 0 Å². The van der Waals surface area contributed by atoms with E-state index in [-0.39, 0.29) is 0 Å². The summed E-state index contributed by atoms with van der Waals surface area (Å²) < 4.78 is 0. The molecule has 3 rings (SSSR count). The van der Waals surface area contributed by atoms with Gasteiger partial charge >= 0.3 is 0 Å². The lowest BCUT2D eigenvalue weighted by Crippen LogP contribution is -2.38. The first-order chi connectivity index (χ1) is 10.8. The van der Waals surface area contributed by atoms with Gasteiger partial charge in [-0.25, -0.2) is 0 Å². The van der Waals surface area contributed by atoms with E-state index < -0.39 is 0 Å². The molecule has 0 saturated heterocycles. The highest BCUT2D eigenvalue weighted by atomic mass is 35.5. The summed E-state index contributed by atoms with van der Waals surface area (Å²) in [6.07, 6.45) is 17.6. The van der Waals surface area contributed by atoms with Crippen LogP contribution in [0.4, 0.5) is 0 Å². The van der Waals surface area contributed by atoms with E-state index in [0.717, 1.165) is 12.8 Å². The zero-order valence-electron chi connectivity index (χ0n) is 14.1. The van der Waals surface area contributed by atoms with Crippen molar-refractivity contribution in [1.29, 1.82) is 0 Å². The summed E-state index contributed by atoms with van der Waals surface area (Å²) in [6.45, 7) is 0. The summed E-state index contributed by atoms with van der Waals surface area (Å²) in [6, 6.07) is 0. The Morgan fingerprint density at radius 3 is 1.77 bits per heavy atom. The molecule has 2 heteroatoms. The molecule has 3 aliphatic carbocycles. The van der Waals surface area contributed by atoms with Crippen molar-refractivity contribution in [3.63, 3.8) is 0 Å². The van der Waals surface area contributed by atoms with E-state index in [2.05, 4.69) is 0 Å². The number of ketones is 1. The predicted molar refractivity (Wildman–Crippen MR) is 93.2 cm³/mol. The molecule has 22 heavy (non-hydrogen) atoms. The van der Waals surface area contributed by atoms with E-state index in [4.69, 9.17) is 11.6 Å². The molecule has 0 aromatic carbocycles. The quantitative estimate of drug-likeness (QED) is 0.568. The number of halogens is 1. The molecule has 0 radical (unpaired) electrons. The second-order valence-electron chi connectivity index (χ2n) is 8.17. The van der Waals surface area contributed by atoms with Gasteiger partial charge in [-0.1, -0.05) is 38.5 Å². The Morgan fingerprint density at radius 2 is 1.18 bits per heavy atom. The Kier molecular flexibility index (Phi) is 6.24. The van der Waals surface area contributed by atoms with Crippen molar-refractivity contribution in [2.24, 2.45) is 23.7 Å². The molecule has 0 heterocycles. The van der Waals surface area contributed by atoms with Gasteiger partial charge in [0.2, 0.25) is 0 Å². The van der Waals surface area contributed by atoms with Gasteiger partial charge in [0.05, 0.1) is 0 Å². The van der Waals surface area contributed by atoms with E-state index >= 15 is 0 Å². The molecule has 0 aromatic rings. The fourth-order valence-corrected chi connectivity index (χ4v) is 5.69. The van der Waals surface area contributed by atoms with Crippen molar-refractivity contribution in [1.82, 2.24) is 0 Å². The minimum atomic E-state index is 0.369. The Bertz CT molecular complexity index is 347. The van der Waals surface area contributed by atoms with Crippen LogP contribution in [0.2, 0.25) is 0 Å². The Hall–Kier alpha value is -0.0400. The Balaban J connectivity index is 1.70. The molecule has 126 valence electrons. The number of hydrogen-bond acceptors (Lipinski definition) is 1. The molecular formula is C20H33ClO. The van der Waals surface area contributed by atoms with Crippen LogP contribution in [0, 0.1) is 23.7 Å². The molecule has 1 nitrogen and oxygen atoms in total. The molecule has 0 aliphatic heterocycles. The monoisotopic (exact) mass is 324 g/mol. The lowest BCUT2D eigenvalue weighted by molar-refractivity contribution is -0.132. The topological polar surface area (TPSA) is 17.1 Å². The number of carbonyl (C=O) groups is 1. The van der Waals surface area contributed by atoms with Crippen LogP contribution in [0.15, 0.2) is 0 Å². The van der Waals surface area contributed by atoms with Gasteiger partial charge < -0.3 is 0 Å². The average Bonchev–Trinajstić information content (AvgIpc) is 2.58. The molecular weight excluding hydrogens is 292 g/mol. The van der Waals surface area contributed by atoms with Gasteiger partial charge in [-0.15, -0.1) is 11.6 Å². The van der Waals surface area contributed by atoms with Crippen LogP contribution in [0.5, 0.6) is 0 Å². The van der Waals surface area contributed by atoms with E-state index in [9.17, 15) is 4.79 Å². The number of alkyl halides is 1. The first-order valence-corrected chi connectivity index (χ1v) is 10.4. The molecule has 0 spiro atoms. The number of rotatable bonds is 4. The summed E-state index contributed by atoms with van der Waals surface area (Å²) in [4.78, 5) is 13.3. The molecule has 0 bridgehead atoms. The minimum Gasteiger partial charge on any atom is -0.299 e.